The van der Waals surface area contributed by atoms with Crippen molar-refractivity contribution in [2.75, 3.05) is 19.0 Å². The molecule has 0 radical (unpaired) electrons. The first-order chi connectivity index (χ1) is 14.7. The summed E-state index contributed by atoms with van der Waals surface area (Å²) in [6.45, 7) is 5.63. The highest BCUT2D eigenvalue weighted by Gasteiger charge is 2.38. The van der Waals surface area contributed by atoms with Crippen LogP contribution >= 0.6 is 0 Å². The SMILES string of the molecule is C=CCCOc1cnc(C(=O)Nc2ccc(F)c(C3(C)CC(=O)N(C)C(N)=N3)c2)cn1. The summed E-state index contributed by atoms with van der Waals surface area (Å²) < 4.78 is 20.0. The number of amides is 2. The monoisotopic (exact) mass is 426 g/mol. The summed E-state index contributed by atoms with van der Waals surface area (Å²) in [7, 11) is 1.50. The van der Waals surface area contributed by atoms with Crippen LogP contribution in [0.25, 0.3) is 0 Å². The van der Waals surface area contributed by atoms with E-state index in [9.17, 15) is 14.0 Å². The molecule has 0 bridgehead atoms. The quantitative estimate of drug-likeness (QED) is 0.517. The van der Waals surface area contributed by atoms with Gasteiger partial charge in [-0.05, 0) is 31.5 Å². The predicted molar refractivity (Wildman–Crippen MR) is 113 cm³/mol. The van der Waals surface area contributed by atoms with Gasteiger partial charge in [-0.25, -0.2) is 19.4 Å². The smallest absolute Gasteiger partial charge is 0.275 e. The number of carbonyl (C=O) groups is 2. The second kappa shape index (κ2) is 8.90. The highest BCUT2D eigenvalue weighted by atomic mass is 19.1. The van der Waals surface area contributed by atoms with Gasteiger partial charge in [-0.15, -0.1) is 6.58 Å². The summed E-state index contributed by atoms with van der Waals surface area (Å²) in [6, 6.07) is 4.04. The van der Waals surface area contributed by atoms with Gasteiger partial charge in [0.1, 0.15) is 11.5 Å². The minimum Gasteiger partial charge on any atom is -0.476 e. The summed E-state index contributed by atoms with van der Waals surface area (Å²) in [4.78, 5) is 38.3. The lowest BCUT2D eigenvalue weighted by molar-refractivity contribution is -0.128. The van der Waals surface area contributed by atoms with E-state index in [2.05, 4.69) is 26.9 Å². The Bertz CT molecular complexity index is 1040. The molecule has 162 valence electrons. The number of nitrogens with zero attached hydrogens (tertiary/aromatic N) is 4. The van der Waals surface area contributed by atoms with Crippen LogP contribution in [0.5, 0.6) is 5.88 Å². The Morgan fingerprint density at radius 1 is 1.42 bits per heavy atom. The fraction of sp³-hybridized carbons (Fsp3) is 0.286. The molecule has 3 N–H and O–H groups in total. The molecule has 2 heterocycles. The van der Waals surface area contributed by atoms with Crippen LogP contribution in [0.4, 0.5) is 10.1 Å². The summed E-state index contributed by atoms with van der Waals surface area (Å²) >= 11 is 0. The van der Waals surface area contributed by atoms with Crippen molar-refractivity contribution in [2.45, 2.75) is 25.3 Å². The first kappa shape index (κ1) is 21.9. The van der Waals surface area contributed by atoms with Crippen LogP contribution in [-0.4, -0.2) is 46.3 Å². The molecular weight excluding hydrogens is 403 g/mol. The Balaban J connectivity index is 1.78. The Morgan fingerprint density at radius 2 is 2.19 bits per heavy atom. The number of nitrogens with two attached hydrogens (primary N) is 1. The van der Waals surface area contributed by atoms with Gasteiger partial charge in [0, 0.05) is 18.3 Å². The van der Waals surface area contributed by atoms with Crippen LogP contribution < -0.4 is 15.8 Å². The molecule has 0 aliphatic carbocycles. The van der Waals surface area contributed by atoms with Crippen LogP contribution in [0.2, 0.25) is 0 Å². The number of guanidine groups is 1. The molecule has 0 spiro atoms. The van der Waals surface area contributed by atoms with Gasteiger partial charge in [0.15, 0.2) is 5.96 Å². The minimum absolute atomic E-state index is 0.00161. The van der Waals surface area contributed by atoms with E-state index in [1.54, 1.807) is 13.0 Å². The molecule has 1 unspecified atom stereocenters. The number of benzene rings is 1. The number of aliphatic imine (C=N–C) groups is 1. The van der Waals surface area contributed by atoms with Gasteiger partial charge in [-0.1, -0.05) is 6.08 Å². The summed E-state index contributed by atoms with van der Waals surface area (Å²) in [5, 5.41) is 2.65. The summed E-state index contributed by atoms with van der Waals surface area (Å²) in [5.74, 6) is -1.09. The largest absolute Gasteiger partial charge is 0.476 e. The van der Waals surface area contributed by atoms with Gasteiger partial charge >= 0.3 is 0 Å². The Hall–Kier alpha value is -3.82. The average molecular weight is 426 g/mol. The summed E-state index contributed by atoms with van der Waals surface area (Å²) in [5.41, 5.74) is 5.14. The maximum atomic E-state index is 14.6. The molecule has 1 atom stereocenters. The third kappa shape index (κ3) is 4.85. The molecule has 9 nitrogen and oxygen atoms in total. The molecule has 0 fully saturated rings. The van der Waals surface area contributed by atoms with Gasteiger partial charge in [0.05, 0.1) is 31.0 Å². The first-order valence-corrected chi connectivity index (χ1v) is 9.52. The molecule has 1 aromatic carbocycles. The zero-order valence-corrected chi connectivity index (χ0v) is 17.3. The van der Waals surface area contributed by atoms with Crippen molar-refractivity contribution in [3.63, 3.8) is 0 Å². The fourth-order valence-corrected chi connectivity index (χ4v) is 3.03. The molecule has 2 amide bonds. The molecule has 3 rings (SSSR count). The highest BCUT2D eigenvalue weighted by Crippen LogP contribution is 2.35. The third-order valence-electron chi connectivity index (χ3n) is 4.81. The molecule has 10 heteroatoms. The van der Waals surface area contributed by atoms with E-state index in [4.69, 9.17) is 10.5 Å². The standard InChI is InChI=1S/C21H23FN6O3/c1-4-5-8-31-17-12-24-16(11-25-17)19(30)26-13-6-7-15(22)14(9-13)21(2)10-18(29)28(3)20(23)27-21/h4,6-7,9,11-12H,1,5,8,10H2,2-3H3,(H2,23,27)(H,26,30). The Morgan fingerprint density at radius 3 is 2.84 bits per heavy atom. The number of anilines is 1. The number of hydrogen-bond donors (Lipinski definition) is 2. The number of carbonyl (C=O) groups excluding carboxylic acids is 2. The second-order valence-corrected chi connectivity index (χ2v) is 7.19. The Labute approximate surface area is 178 Å². The number of ether oxygens (including phenoxy) is 1. The zero-order chi connectivity index (χ0) is 22.6. The van der Waals surface area contributed by atoms with E-state index >= 15 is 0 Å². The lowest BCUT2D eigenvalue weighted by Crippen LogP contribution is -2.47. The molecule has 0 saturated carbocycles. The van der Waals surface area contributed by atoms with E-state index in [1.807, 2.05) is 0 Å². The minimum atomic E-state index is -1.19. The lowest BCUT2D eigenvalue weighted by Gasteiger charge is -2.34. The van der Waals surface area contributed by atoms with Crippen molar-refractivity contribution in [3.8, 4) is 5.88 Å². The predicted octanol–water partition coefficient (Wildman–Crippen LogP) is 2.21. The van der Waals surface area contributed by atoms with Crippen molar-refractivity contribution in [2.24, 2.45) is 10.7 Å². The number of hydrogen-bond acceptors (Lipinski definition) is 7. The van der Waals surface area contributed by atoms with Gasteiger partial charge < -0.3 is 15.8 Å². The topological polar surface area (TPSA) is 123 Å². The molecule has 1 aliphatic rings. The number of halogens is 1. The van der Waals surface area contributed by atoms with Crippen LogP contribution in [0.15, 0.2) is 48.2 Å². The Kier molecular flexibility index (Phi) is 6.28. The van der Waals surface area contributed by atoms with E-state index in [-0.39, 0.29) is 35.4 Å². The van der Waals surface area contributed by atoms with Crippen molar-refractivity contribution < 1.29 is 18.7 Å². The average Bonchev–Trinajstić information content (AvgIpc) is 2.74. The van der Waals surface area contributed by atoms with Crippen LogP contribution in [-0.2, 0) is 10.3 Å². The van der Waals surface area contributed by atoms with E-state index in [0.717, 1.165) is 0 Å². The van der Waals surface area contributed by atoms with E-state index < -0.39 is 17.3 Å². The highest BCUT2D eigenvalue weighted by molar-refractivity contribution is 6.03. The van der Waals surface area contributed by atoms with E-state index in [1.165, 1.54) is 42.5 Å². The fourth-order valence-electron chi connectivity index (χ4n) is 3.03. The van der Waals surface area contributed by atoms with Crippen LogP contribution in [0.1, 0.15) is 35.8 Å². The first-order valence-electron chi connectivity index (χ1n) is 9.52. The zero-order valence-electron chi connectivity index (χ0n) is 17.3. The lowest BCUT2D eigenvalue weighted by atomic mass is 9.87. The van der Waals surface area contributed by atoms with E-state index in [0.29, 0.717) is 18.7 Å². The van der Waals surface area contributed by atoms with Crippen molar-refractivity contribution in [1.82, 2.24) is 14.9 Å². The van der Waals surface area contributed by atoms with Gasteiger partial charge in [0.2, 0.25) is 11.8 Å². The molecule has 1 aliphatic heterocycles. The van der Waals surface area contributed by atoms with Gasteiger partial charge in [-0.2, -0.15) is 0 Å². The normalized spacial score (nSPS) is 18.4. The molecule has 1 aromatic heterocycles. The summed E-state index contributed by atoms with van der Waals surface area (Å²) in [6.07, 6.45) is 4.94. The van der Waals surface area contributed by atoms with Gasteiger partial charge in [0.25, 0.3) is 5.91 Å². The number of nitrogens with one attached hydrogen (secondary N) is 1. The van der Waals surface area contributed by atoms with Gasteiger partial charge in [-0.3, -0.25) is 14.5 Å². The van der Waals surface area contributed by atoms with Crippen LogP contribution in [0, 0.1) is 5.82 Å². The number of rotatable bonds is 7. The number of aromatic nitrogens is 2. The second-order valence-electron chi connectivity index (χ2n) is 7.19. The molecule has 0 saturated heterocycles. The molecule has 31 heavy (non-hydrogen) atoms. The van der Waals surface area contributed by atoms with Crippen molar-refractivity contribution in [1.29, 1.82) is 0 Å². The maximum Gasteiger partial charge on any atom is 0.275 e. The maximum absolute atomic E-state index is 14.6. The molecule has 2 aromatic rings. The van der Waals surface area contributed by atoms with Crippen LogP contribution in [0.3, 0.4) is 0 Å². The van der Waals surface area contributed by atoms with Crippen molar-refractivity contribution >= 4 is 23.5 Å². The van der Waals surface area contributed by atoms with Crippen molar-refractivity contribution in [3.05, 3.63) is 60.3 Å². The third-order valence-corrected chi connectivity index (χ3v) is 4.81. The molecular formula is C21H23FN6O3.